The third-order valence-electron chi connectivity index (χ3n) is 5.37. The zero-order valence-corrected chi connectivity index (χ0v) is 19.0. The minimum absolute atomic E-state index is 0.0256. The molecule has 0 fully saturated rings. The molecule has 0 spiro atoms. The average Bonchev–Trinajstić information content (AvgIpc) is 3.03. The number of benzene rings is 1. The number of hydrogen-bond acceptors (Lipinski definition) is 6. The lowest BCUT2D eigenvalue weighted by Gasteiger charge is -2.19. The minimum atomic E-state index is -0.0256. The summed E-state index contributed by atoms with van der Waals surface area (Å²) in [5, 5.41) is 6.70. The Morgan fingerprint density at radius 2 is 1.77 bits per heavy atom. The third kappa shape index (κ3) is 5.08. The Kier molecular flexibility index (Phi) is 6.92. The molecule has 1 amide bonds. The van der Waals surface area contributed by atoms with Crippen molar-refractivity contribution in [3.8, 4) is 0 Å². The molecule has 7 nitrogen and oxygen atoms in total. The van der Waals surface area contributed by atoms with E-state index in [0.717, 1.165) is 17.9 Å². The van der Waals surface area contributed by atoms with Crippen molar-refractivity contribution in [1.82, 2.24) is 19.8 Å². The lowest BCUT2D eigenvalue weighted by Crippen LogP contribution is -2.31. The molecular formula is C23H34N6O. The Balaban J connectivity index is 1.82. The molecule has 0 saturated carbocycles. The van der Waals surface area contributed by atoms with E-state index in [9.17, 15) is 4.79 Å². The van der Waals surface area contributed by atoms with Crippen molar-refractivity contribution in [2.45, 2.75) is 52.7 Å². The van der Waals surface area contributed by atoms with E-state index in [1.165, 1.54) is 11.1 Å². The van der Waals surface area contributed by atoms with Crippen LogP contribution in [-0.4, -0.2) is 58.9 Å². The Morgan fingerprint density at radius 1 is 1.07 bits per heavy atom. The van der Waals surface area contributed by atoms with Crippen LogP contribution in [0.15, 0.2) is 24.3 Å². The first-order valence-electron chi connectivity index (χ1n) is 10.7. The fourth-order valence-electron chi connectivity index (χ4n) is 3.43. The van der Waals surface area contributed by atoms with Gasteiger partial charge in [0.25, 0.3) is 5.91 Å². The van der Waals surface area contributed by atoms with E-state index >= 15 is 0 Å². The molecule has 2 heterocycles. The molecule has 1 aliphatic rings. The second-order valence-corrected chi connectivity index (χ2v) is 8.73. The van der Waals surface area contributed by atoms with Crippen LogP contribution >= 0.6 is 0 Å². The van der Waals surface area contributed by atoms with Crippen LogP contribution < -0.4 is 10.6 Å². The minimum Gasteiger partial charge on any atom is -0.366 e. The summed E-state index contributed by atoms with van der Waals surface area (Å²) in [6.07, 6.45) is 0. The van der Waals surface area contributed by atoms with Crippen LogP contribution in [0.1, 0.15) is 60.8 Å². The topological polar surface area (TPSA) is 73.4 Å². The van der Waals surface area contributed by atoms with Gasteiger partial charge in [0.1, 0.15) is 11.5 Å². The monoisotopic (exact) mass is 410 g/mol. The molecule has 0 radical (unpaired) electrons. The first-order chi connectivity index (χ1) is 14.3. The molecule has 0 bridgehead atoms. The Hall–Kier alpha value is -2.67. The standard InChI is InChI=1S/C23H34N6O/c1-15(2)18-9-7-17(8-10-18)13-25-21-19-14-29(16(3)4)22(30)20(19)26-23(27-21)24-11-12-28(5)6/h7-10,15-16H,11-14H2,1-6H3,(H2,24,25,26,27). The van der Waals surface area contributed by atoms with Gasteiger partial charge in [-0.3, -0.25) is 4.79 Å². The zero-order chi connectivity index (χ0) is 21.8. The number of likely N-dealkylation sites (N-methyl/N-ethyl adjacent to an activating group) is 1. The fourth-order valence-corrected chi connectivity index (χ4v) is 3.43. The highest BCUT2D eigenvalue weighted by Crippen LogP contribution is 2.29. The second-order valence-electron chi connectivity index (χ2n) is 8.73. The summed E-state index contributed by atoms with van der Waals surface area (Å²) in [5.41, 5.74) is 3.89. The highest BCUT2D eigenvalue weighted by atomic mass is 16.2. The molecule has 0 saturated heterocycles. The number of nitrogens with zero attached hydrogens (tertiary/aromatic N) is 4. The van der Waals surface area contributed by atoms with Gasteiger partial charge in [0.05, 0.1) is 6.54 Å². The van der Waals surface area contributed by atoms with Gasteiger partial charge in [-0.15, -0.1) is 0 Å². The summed E-state index contributed by atoms with van der Waals surface area (Å²) in [6, 6.07) is 8.75. The van der Waals surface area contributed by atoms with Crippen molar-refractivity contribution >= 4 is 17.7 Å². The molecule has 0 unspecified atom stereocenters. The first kappa shape index (κ1) is 22.0. The summed E-state index contributed by atoms with van der Waals surface area (Å²) < 4.78 is 0. The van der Waals surface area contributed by atoms with Gasteiger partial charge in [0, 0.05) is 31.2 Å². The van der Waals surface area contributed by atoms with Crippen LogP contribution in [0, 0.1) is 0 Å². The van der Waals surface area contributed by atoms with E-state index in [2.05, 4.69) is 58.6 Å². The van der Waals surface area contributed by atoms with Gasteiger partial charge < -0.3 is 20.4 Å². The quantitative estimate of drug-likeness (QED) is 0.659. The molecule has 2 aromatic rings. The van der Waals surface area contributed by atoms with Crippen LogP contribution in [0.4, 0.5) is 11.8 Å². The van der Waals surface area contributed by atoms with E-state index in [0.29, 0.717) is 37.2 Å². The van der Waals surface area contributed by atoms with Crippen molar-refractivity contribution in [3.63, 3.8) is 0 Å². The molecule has 162 valence electrons. The van der Waals surface area contributed by atoms with E-state index < -0.39 is 0 Å². The molecule has 1 aliphatic heterocycles. The second kappa shape index (κ2) is 9.43. The number of carbonyl (C=O) groups is 1. The smallest absolute Gasteiger partial charge is 0.273 e. The van der Waals surface area contributed by atoms with Crippen molar-refractivity contribution < 1.29 is 4.79 Å². The van der Waals surface area contributed by atoms with Gasteiger partial charge in [-0.1, -0.05) is 38.1 Å². The Bertz CT molecular complexity index is 876. The van der Waals surface area contributed by atoms with E-state index in [4.69, 9.17) is 4.98 Å². The highest BCUT2D eigenvalue weighted by molar-refractivity contribution is 5.98. The van der Waals surface area contributed by atoms with Crippen molar-refractivity contribution in [1.29, 1.82) is 0 Å². The lowest BCUT2D eigenvalue weighted by atomic mass is 10.0. The Morgan fingerprint density at radius 3 is 2.37 bits per heavy atom. The third-order valence-corrected chi connectivity index (χ3v) is 5.37. The van der Waals surface area contributed by atoms with Crippen LogP contribution in [0.3, 0.4) is 0 Å². The van der Waals surface area contributed by atoms with Gasteiger partial charge in [0.2, 0.25) is 5.95 Å². The summed E-state index contributed by atoms with van der Waals surface area (Å²) in [7, 11) is 4.04. The maximum absolute atomic E-state index is 12.9. The molecule has 0 aliphatic carbocycles. The molecule has 2 N–H and O–H groups in total. The molecule has 1 aromatic carbocycles. The van der Waals surface area contributed by atoms with E-state index in [1.54, 1.807) is 0 Å². The summed E-state index contributed by atoms with van der Waals surface area (Å²) >= 11 is 0. The largest absolute Gasteiger partial charge is 0.366 e. The fraction of sp³-hybridized carbons (Fsp3) is 0.522. The van der Waals surface area contributed by atoms with Crippen LogP contribution in [-0.2, 0) is 13.1 Å². The number of nitrogens with one attached hydrogen (secondary N) is 2. The predicted molar refractivity (Wildman–Crippen MR) is 122 cm³/mol. The number of rotatable bonds is 9. The summed E-state index contributed by atoms with van der Waals surface area (Å²) in [5.74, 6) is 1.72. The number of hydrogen-bond donors (Lipinski definition) is 2. The molecule has 1 aromatic heterocycles. The molecule has 7 heteroatoms. The highest BCUT2D eigenvalue weighted by Gasteiger charge is 2.34. The maximum atomic E-state index is 12.9. The van der Waals surface area contributed by atoms with Crippen molar-refractivity contribution in [2.75, 3.05) is 37.8 Å². The number of amides is 1. The molecule has 0 atom stereocenters. The number of fused-ring (bicyclic) bond motifs is 1. The van der Waals surface area contributed by atoms with E-state index in [-0.39, 0.29) is 11.9 Å². The predicted octanol–water partition coefficient (Wildman–Crippen LogP) is 3.55. The maximum Gasteiger partial charge on any atom is 0.273 e. The van der Waals surface area contributed by atoms with Gasteiger partial charge in [-0.2, -0.15) is 4.98 Å². The number of carbonyl (C=O) groups excluding carboxylic acids is 1. The van der Waals surface area contributed by atoms with Crippen molar-refractivity contribution in [2.24, 2.45) is 0 Å². The van der Waals surface area contributed by atoms with Crippen LogP contribution in [0.25, 0.3) is 0 Å². The number of aromatic nitrogens is 2. The van der Waals surface area contributed by atoms with Gasteiger partial charge in [-0.05, 0) is 45.0 Å². The molecule has 30 heavy (non-hydrogen) atoms. The Labute approximate surface area is 179 Å². The molecule has 3 rings (SSSR count). The molecular weight excluding hydrogens is 376 g/mol. The van der Waals surface area contributed by atoms with Crippen LogP contribution in [0.2, 0.25) is 0 Å². The summed E-state index contributed by atoms with van der Waals surface area (Å²) in [4.78, 5) is 26.0. The summed E-state index contributed by atoms with van der Waals surface area (Å²) in [6.45, 7) is 11.2. The lowest BCUT2D eigenvalue weighted by molar-refractivity contribution is 0.0726. The SMILES string of the molecule is CC(C)c1ccc(CNc2nc(NCCN(C)C)nc3c2CN(C(C)C)C3=O)cc1. The number of anilines is 2. The van der Waals surface area contributed by atoms with Gasteiger partial charge in [-0.25, -0.2) is 4.98 Å². The van der Waals surface area contributed by atoms with Gasteiger partial charge >= 0.3 is 0 Å². The average molecular weight is 411 g/mol. The first-order valence-corrected chi connectivity index (χ1v) is 10.7. The van der Waals surface area contributed by atoms with Crippen molar-refractivity contribution in [3.05, 3.63) is 46.6 Å². The van der Waals surface area contributed by atoms with E-state index in [1.807, 2.05) is 32.8 Å². The van der Waals surface area contributed by atoms with Gasteiger partial charge in [0.15, 0.2) is 0 Å². The van der Waals surface area contributed by atoms with Crippen LogP contribution in [0.5, 0.6) is 0 Å². The normalized spacial score (nSPS) is 13.5. The zero-order valence-electron chi connectivity index (χ0n) is 19.0.